The van der Waals surface area contributed by atoms with E-state index in [9.17, 15) is 0 Å². The first-order valence-electron chi connectivity index (χ1n) is 5.23. The number of hydrogen-bond donors (Lipinski definition) is 0. The van der Waals surface area contributed by atoms with Gasteiger partial charge in [0.25, 0.3) is 0 Å². The second-order valence-electron chi connectivity index (χ2n) is 3.94. The third-order valence-corrected chi connectivity index (χ3v) is 3.62. The molecule has 0 aliphatic carbocycles. The summed E-state index contributed by atoms with van der Waals surface area (Å²) in [6.07, 6.45) is 0. The minimum Gasteiger partial charge on any atom is -0.113 e. The lowest BCUT2D eigenvalue weighted by Crippen LogP contribution is -1.94. The van der Waals surface area contributed by atoms with Gasteiger partial charge < -0.3 is 0 Å². The largest absolute Gasteiger partial charge is 0.113 e. The van der Waals surface area contributed by atoms with Crippen LogP contribution < -0.4 is 0 Å². The van der Waals surface area contributed by atoms with Crippen LogP contribution in [0.2, 0.25) is 10.0 Å². The molecule has 2 aromatic carbocycles. The number of halogens is 3. The van der Waals surface area contributed by atoms with Crippen molar-refractivity contribution < 1.29 is 0 Å². The van der Waals surface area contributed by atoms with E-state index >= 15 is 0 Å². The molecule has 2 aromatic rings. The van der Waals surface area contributed by atoms with Gasteiger partial charge in [-0.1, -0.05) is 59.1 Å². The van der Waals surface area contributed by atoms with Crippen LogP contribution in [0.4, 0.5) is 0 Å². The summed E-state index contributed by atoms with van der Waals surface area (Å²) in [6.45, 7) is 2.04. The van der Waals surface area contributed by atoms with Crippen molar-refractivity contribution in [3.8, 4) is 0 Å². The maximum absolute atomic E-state index is 6.43. The van der Waals surface area contributed by atoms with Crippen LogP contribution in [0.15, 0.2) is 42.5 Å². The average molecular weight is 286 g/mol. The zero-order chi connectivity index (χ0) is 12.4. The highest BCUT2D eigenvalue weighted by molar-refractivity contribution is 6.36. The smallest absolute Gasteiger partial charge is 0.0849 e. The number of alkyl halides is 1. The first kappa shape index (κ1) is 12.8. The minimum atomic E-state index is -0.250. The standard InChI is InChI=1S/C14H11Cl3/c1-9-3-2-4-10(7-9)14(17)12-6-5-11(15)8-13(12)16/h2-8,14H,1H3. The lowest BCUT2D eigenvalue weighted by molar-refractivity contribution is 1.13. The quantitative estimate of drug-likeness (QED) is 0.627. The van der Waals surface area contributed by atoms with Gasteiger partial charge in [0.2, 0.25) is 0 Å². The van der Waals surface area contributed by atoms with Crippen molar-refractivity contribution in [3.05, 3.63) is 69.2 Å². The van der Waals surface area contributed by atoms with Crippen molar-refractivity contribution in [1.82, 2.24) is 0 Å². The van der Waals surface area contributed by atoms with Crippen molar-refractivity contribution in [3.63, 3.8) is 0 Å². The van der Waals surface area contributed by atoms with Gasteiger partial charge in [-0.2, -0.15) is 0 Å². The third kappa shape index (κ3) is 2.95. The highest BCUT2D eigenvalue weighted by atomic mass is 35.5. The maximum atomic E-state index is 6.43. The van der Waals surface area contributed by atoms with E-state index in [1.54, 1.807) is 12.1 Å². The summed E-state index contributed by atoms with van der Waals surface area (Å²) in [5.41, 5.74) is 3.09. The van der Waals surface area contributed by atoms with Gasteiger partial charge in [0, 0.05) is 10.0 Å². The zero-order valence-electron chi connectivity index (χ0n) is 9.25. The van der Waals surface area contributed by atoms with E-state index < -0.39 is 0 Å². The minimum absolute atomic E-state index is 0.250. The van der Waals surface area contributed by atoms with E-state index in [0.29, 0.717) is 10.0 Å². The molecule has 2 rings (SSSR count). The summed E-state index contributed by atoms with van der Waals surface area (Å²) in [5, 5.41) is 0.963. The molecule has 0 nitrogen and oxygen atoms in total. The van der Waals surface area contributed by atoms with E-state index in [-0.39, 0.29) is 5.38 Å². The molecule has 0 fully saturated rings. The second-order valence-corrected chi connectivity index (χ2v) is 5.22. The Kier molecular flexibility index (Phi) is 3.98. The Morgan fingerprint density at radius 3 is 2.41 bits per heavy atom. The molecule has 0 radical (unpaired) electrons. The summed E-state index contributed by atoms with van der Waals surface area (Å²) in [6, 6.07) is 13.5. The molecule has 0 amide bonds. The first-order chi connectivity index (χ1) is 8.08. The summed E-state index contributed by atoms with van der Waals surface area (Å²) in [7, 11) is 0. The Labute approximate surface area is 116 Å². The van der Waals surface area contributed by atoms with Crippen molar-refractivity contribution in [2.24, 2.45) is 0 Å². The molecule has 0 bridgehead atoms. The predicted octanol–water partition coefficient (Wildman–Crippen LogP) is 5.63. The molecular formula is C14H11Cl3. The van der Waals surface area contributed by atoms with Crippen LogP contribution in [0.25, 0.3) is 0 Å². The van der Waals surface area contributed by atoms with Gasteiger partial charge in [0.1, 0.15) is 0 Å². The van der Waals surface area contributed by atoms with Crippen molar-refractivity contribution in [2.45, 2.75) is 12.3 Å². The number of hydrogen-bond acceptors (Lipinski definition) is 0. The van der Waals surface area contributed by atoms with Crippen LogP contribution in [0.5, 0.6) is 0 Å². The van der Waals surface area contributed by atoms with Gasteiger partial charge in [-0.15, -0.1) is 11.6 Å². The fourth-order valence-corrected chi connectivity index (χ4v) is 2.61. The Balaban J connectivity index is 2.40. The summed E-state index contributed by atoms with van der Waals surface area (Å²) in [5.74, 6) is 0. The molecular weight excluding hydrogens is 275 g/mol. The number of aryl methyl sites for hydroxylation is 1. The molecule has 0 aliphatic heterocycles. The normalized spacial score (nSPS) is 12.5. The molecule has 0 aliphatic rings. The summed E-state index contributed by atoms with van der Waals surface area (Å²) in [4.78, 5) is 0. The van der Waals surface area contributed by atoms with E-state index in [0.717, 1.165) is 11.1 Å². The van der Waals surface area contributed by atoms with E-state index in [1.807, 2.05) is 31.2 Å². The molecule has 17 heavy (non-hydrogen) atoms. The first-order valence-corrected chi connectivity index (χ1v) is 6.43. The maximum Gasteiger partial charge on any atom is 0.0849 e. The van der Waals surface area contributed by atoms with E-state index in [1.165, 1.54) is 5.56 Å². The molecule has 1 atom stereocenters. The highest BCUT2D eigenvalue weighted by Gasteiger charge is 2.14. The van der Waals surface area contributed by atoms with E-state index in [2.05, 4.69) is 6.07 Å². The number of rotatable bonds is 2. The van der Waals surface area contributed by atoms with Crippen LogP contribution >= 0.6 is 34.8 Å². The van der Waals surface area contributed by atoms with Crippen molar-refractivity contribution in [1.29, 1.82) is 0 Å². The molecule has 0 N–H and O–H groups in total. The Hall–Kier alpha value is -0.690. The molecule has 3 heteroatoms. The van der Waals surface area contributed by atoms with Gasteiger partial charge in [0.15, 0.2) is 0 Å². The van der Waals surface area contributed by atoms with Crippen molar-refractivity contribution in [2.75, 3.05) is 0 Å². The van der Waals surface area contributed by atoms with E-state index in [4.69, 9.17) is 34.8 Å². The van der Waals surface area contributed by atoms with Gasteiger partial charge in [0.05, 0.1) is 5.38 Å². The van der Waals surface area contributed by atoms with Gasteiger partial charge in [-0.3, -0.25) is 0 Å². The van der Waals surface area contributed by atoms with Crippen molar-refractivity contribution >= 4 is 34.8 Å². The van der Waals surface area contributed by atoms with Gasteiger partial charge in [-0.25, -0.2) is 0 Å². The van der Waals surface area contributed by atoms with Crippen LogP contribution in [-0.4, -0.2) is 0 Å². The average Bonchev–Trinajstić information content (AvgIpc) is 2.28. The number of benzene rings is 2. The SMILES string of the molecule is Cc1cccc(C(Cl)c2ccc(Cl)cc2Cl)c1. The Morgan fingerprint density at radius 2 is 1.76 bits per heavy atom. The summed E-state index contributed by atoms with van der Waals surface area (Å²) >= 11 is 18.4. The monoisotopic (exact) mass is 284 g/mol. The van der Waals surface area contributed by atoms with Crippen LogP contribution in [0.3, 0.4) is 0 Å². The highest BCUT2D eigenvalue weighted by Crippen LogP contribution is 2.35. The fourth-order valence-electron chi connectivity index (χ4n) is 1.71. The third-order valence-electron chi connectivity index (χ3n) is 2.57. The predicted molar refractivity (Wildman–Crippen MR) is 75.3 cm³/mol. The summed E-state index contributed by atoms with van der Waals surface area (Å²) < 4.78 is 0. The van der Waals surface area contributed by atoms with Gasteiger partial charge in [-0.05, 0) is 30.2 Å². The molecule has 0 spiro atoms. The van der Waals surface area contributed by atoms with Gasteiger partial charge >= 0.3 is 0 Å². The molecule has 0 heterocycles. The molecule has 88 valence electrons. The lowest BCUT2D eigenvalue weighted by Gasteiger charge is -2.13. The Morgan fingerprint density at radius 1 is 1.00 bits per heavy atom. The zero-order valence-corrected chi connectivity index (χ0v) is 11.5. The van der Waals surface area contributed by atoms with Crippen LogP contribution in [0.1, 0.15) is 22.1 Å². The molecule has 1 unspecified atom stereocenters. The molecule has 0 saturated carbocycles. The topological polar surface area (TPSA) is 0 Å². The molecule has 0 saturated heterocycles. The Bertz CT molecular complexity index is 535. The van der Waals surface area contributed by atoms with Crippen LogP contribution in [-0.2, 0) is 0 Å². The van der Waals surface area contributed by atoms with Crippen LogP contribution in [0, 0.1) is 6.92 Å². The second kappa shape index (κ2) is 5.30. The fraction of sp³-hybridized carbons (Fsp3) is 0.143. The molecule has 0 aromatic heterocycles. The lowest BCUT2D eigenvalue weighted by atomic mass is 10.0.